The van der Waals surface area contributed by atoms with Gasteiger partial charge < -0.3 is 5.11 Å². The van der Waals surface area contributed by atoms with Crippen LogP contribution < -0.4 is 0 Å². The van der Waals surface area contributed by atoms with Crippen LogP contribution >= 0.6 is 0 Å². The van der Waals surface area contributed by atoms with E-state index in [-0.39, 0.29) is 5.75 Å². The fourth-order valence-corrected chi connectivity index (χ4v) is 1.62. The molecule has 1 aromatic heterocycles. The summed E-state index contributed by atoms with van der Waals surface area (Å²) in [5.41, 5.74) is 3.00. The number of aromatic hydroxyl groups is 1. The van der Waals surface area contributed by atoms with Gasteiger partial charge in [0.25, 0.3) is 0 Å². The predicted molar refractivity (Wildman–Crippen MR) is 52.9 cm³/mol. The third kappa shape index (κ3) is 1.15. The van der Waals surface area contributed by atoms with Crippen molar-refractivity contribution in [3.05, 3.63) is 35.5 Å². The van der Waals surface area contributed by atoms with E-state index in [1.54, 1.807) is 12.3 Å². The van der Waals surface area contributed by atoms with Crippen molar-refractivity contribution in [2.45, 2.75) is 13.8 Å². The first-order chi connectivity index (χ1) is 6.20. The van der Waals surface area contributed by atoms with Gasteiger partial charge in [0.2, 0.25) is 0 Å². The number of rotatable bonds is 0. The Morgan fingerprint density at radius 2 is 1.77 bits per heavy atom. The van der Waals surface area contributed by atoms with Crippen molar-refractivity contribution in [1.29, 1.82) is 0 Å². The Balaban J connectivity index is 3.00. The Labute approximate surface area is 76.9 Å². The lowest BCUT2D eigenvalue weighted by Gasteiger charge is -2.05. The second-order valence-electron chi connectivity index (χ2n) is 3.25. The molecule has 0 unspecified atom stereocenters. The molecule has 0 fully saturated rings. The van der Waals surface area contributed by atoms with Crippen LogP contribution in [0, 0.1) is 13.8 Å². The molecular weight excluding hydrogens is 162 g/mol. The highest BCUT2D eigenvalue weighted by Gasteiger charge is 2.04. The van der Waals surface area contributed by atoms with Gasteiger partial charge in [-0.05, 0) is 37.1 Å². The maximum atomic E-state index is 9.56. The summed E-state index contributed by atoms with van der Waals surface area (Å²) in [6, 6.07) is 5.55. The summed E-state index contributed by atoms with van der Waals surface area (Å²) in [6.45, 7) is 4.05. The lowest BCUT2D eigenvalue weighted by atomic mass is 10.0. The highest BCUT2D eigenvalue weighted by atomic mass is 16.3. The van der Waals surface area contributed by atoms with Gasteiger partial charge in [0, 0.05) is 11.6 Å². The Kier molecular flexibility index (Phi) is 1.69. The van der Waals surface area contributed by atoms with Gasteiger partial charge in [-0.1, -0.05) is 6.07 Å². The Hall–Kier alpha value is -1.57. The minimum absolute atomic E-state index is 0.254. The fourth-order valence-electron chi connectivity index (χ4n) is 1.62. The summed E-state index contributed by atoms with van der Waals surface area (Å²) in [7, 11) is 0. The van der Waals surface area contributed by atoms with Crippen molar-refractivity contribution in [2.24, 2.45) is 0 Å². The maximum absolute atomic E-state index is 9.56. The van der Waals surface area contributed by atoms with Gasteiger partial charge in [0.05, 0.1) is 0 Å². The van der Waals surface area contributed by atoms with E-state index in [0.29, 0.717) is 5.52 Å². The van der Waals surface area contributed by atoms with Crippen LogP contribution in [0.25, 0.3) is 10.9 Å². The zero-order valence-electron chi connectivity index (χ0n) is 7.70. The van der Waals surface area contributed by atoms with Crippen molar-refractivity contribution in [2.75, 3.05) is 0 Å². The van der Waals surface area contributed by atoms with Gasteiger partial charge in [-0.3, -0.25) is 4.98 Å². The van der Waals surface area contributed by atoms with Crippen molar-refractivity contribution < 1.29 is 5.11 Å². The zero-order valence-corrected chi connectivity index (χ0v) is 7.70. The summed E-state index contributed by atoms with van der Waals surface area (Å²) in [5, 5.41) is 10.6. The van der Waals surface area contributed by atoms with Crippen LogP contribution in [-0.2, 0) is 0 Å². The molecule has 0 aliphatic rings. The largest absolute Gasteiger partial charge is 0.506 e. The highest BCUT2D eigenvalue weighted by Crippen LogP contribution is 2.27. The lowest BCUT2D eigenvalue weighted by molar-refractivity contribution is 0.480. The van der Waals surface area contributed by atoms with Crippen molar-refractivity contribution in [3.63, 3.8) is 0 Å². The van der Waals surface area contributed by atoms with Crippen LogP contribution in [0.4, 0.5) is 0 Å². The molecule has 0 amide bonds. The van der Waals surface area contributed by atoms with E-state index < -0.39 is 0 Å². The van der Waals surface area contributed by atoms with E-state index in [2.05, 4.69) is 4.98 Å². The van der Waals surface area contributed by atoms with Crippen LogP contribution in [0.15, 0.2) is 24.4 Å². The molecule has 0 radical (unpaired) electrons. The van der Waals surface area contributed by atoms with Crippen molar-refractivity contribution in [3.8, 4) is 5.75 Å². The van der Waals surface area contributed by atoms with E-state index in [9.17, 15) is 5.11 Å². The molecule has 2 nitrogen and oxygen atoms in total. The highest BCUT2D eigenvalue weighted by molar-refractivity contribution is 5.89. The normalized spacial score (nSPS) is 10.6. The van der Waals surface area contributed by atoms with Gasteiger partial charge in [0.15, 0.2) is 0 Å². The number of nitrogens with zero attached hydrogens (tertiary/aromatic N) is 1. The second kappa shape index (κ2) is 2.73. The summed E-state index contributed by atoms with van der Waals surface area (Å²) in [4.78, 5) is 4.15. The zero-order chi connectivity index (χ0) is 9.42. The molecule has 13 heavy (non-hydrogen) atoms. The number of phenolic OH excluding ortho intramolecular Hbond substituents is 1. The number of hydrogen-bond acceptors (Lipinski definition) is 2. The fraction of sp³-hybridized carbons (Fsp3) is 0.182. The first-order valence-corrected chi connectivity index (χ1v) is 4.24. The van der Waals surface area contributed by atoms with Crippen LogP contribution in [0.5, 0.6) is 5.75 Å². The SMILES string of the molecule is Cc1ccnc2c(O)ccc(C)c12. The van der Waals surface area contributed by atoms with E-state index in [1.165, 1.54) is 0 Å². The summed E-state index contributed by atoms with van der Waals surface area (Å²) < 4.78 is 0. The number of aromatic nitrogens is 1. The number of aryl methyl sites for hydroxylation is 2. The molecule has 2 aromatic rings. The molecule has 0 spiro atoms. The summed E-state index contributed by atoms with van der Waals surface area (Å²) >= 11 is 0. The standard InChI is InChI=1S/C11H11NO/c1-7-3-4-9(13)11-10(7)8(2)5-6-12-11/h3-6,13H,1-2H3. The van der Waals surface area contributed by atoms with Gasteiger partial charge in [0.1, 0.15) is 11.3 Å². The number of hydrogen-bond donors (Lipinski definition) is 1. The molecule has 1 aromatic carbocycles. The minimum Gasteiger partial charge on any atom is -0.506 e. The van der Waals surface area contributed by atoms with Crippen molar-refractivity contribution in [1.82, 2.24) is 4.98 Å². The molecule has 2 rings (SSSR count). The minimum atomic E-state index is 0.254. The van der Waals surface area contributed by atoms with Gasteiger partial charge in [-0.2, -0.15) is 0 Å². The smallest absolute Gasteiger partial charge is 0.141 e. The molecule has 0 atom stereocenters. The lowest BCUT2D eigenvalue weighted by Crippen LogP contribution is -1.86. The second-order valence-corrected chi connectivity index (χ2v) is 3.25. The Bertz CT molecular complexity index is 455. The molecular formula is C11H11NO. The maximum Gasteiger partial charge on any atom is 0.141 e. The van der Waals surface area contributed by atoms with Gasteiger partial charge in [-0.15, -0.1) is 0 Å². The average Bonchev–Trinajstić information content (AvgIpc) is 2.12. The number of phenols is 1. The quantitative estimate of drug-likeness (QED) is 0.664. The first kappa shape index (κ1) is 8.05. The number of fused-ring (bicyclic) bond motifs is 1. The molecule has 0 bridgehead atoms. The average molecular weight is 173 g/mol. The number of pyridine rings is 1. The Morgan fingerprint density at radius 3 is 2.46 bits per heavy atom. The van der Waals surface area contributed by atoms with Gasteiger partial charge in [-0.25, -0.2) is 0 Å². The summed E-state index contributed by atoms with van der Waals surface area (Å²) in [5.74, 6) is 0.254. The summed E-state index contributed by atoms with van der Waals surface area (Å²) in [6.07, 6.45) is 1.72. The van der Waals surface area contributed by atoms with E-state index in [0.717, 1.165) is 16.5 Å². The van der Waals surface area contributed by atoms with Gasteiger partial charge >= 0.3 is 0 Å². The van der Waals surface area contributed by atoms with Crippen molar-refractivity contribution >= 4 is 10.9 Å². The predicted octanol–water partition coefficient (Wildman–Crippen LogP) is 2.56. The Morgan fingerprint density at radius 1 is 1.08 bits per heavy atom. The molecule has 0 aliphatic heterocycles. The van der Waals surface area contributed by atoms with Crippen LogP contribution in [-0.4, -0.2) is 10.1 Å². The molecule has 0 aliphatic carbocycles. The third-order valence-electron chi connectivity index (χ3n) is 2.29. The topological polar surface area (TPSA) is 33.1 Å². The molecule has 1 heterocycles. The molecule has 0 saturated carbocycles. The van der Waals surface area contributed by atoms with Crippen LogP contribution in [0.1, 0.15) is 11.1 Å². The molecule has 66 valence electrons. The van der Waals surface area contributed by atoms with E-state index >= 15 is 0 Å². The first-order valence-electron chi connectivity index (χ1n) is 4.24. The number of benzene rings is 1. The molecule has 0 saturated heterocycles. The monoisotopic (exact) mass is 173 g/mol. The molecule has 2 heteroatoms. The molecule has 1 N–H and O–H groups in total. The third-order valence-corrected chi connectivity index (χ3v) is 2.29. The van der Waals surface area contributed by atoms with E-state index in [4.69, 9.17) is 0 Å². The van der Waals surface area contributed by atoms with Crippen LogP contribution in [0.3, 0.4) is 0 Å². The van der Waals surface area contributed by atoms with E-state index in [1.807, 2.05) is 26.0 Å². The van der Waals surface area contributed by atoms with Crippen LogP contribution in [0.2, 0.25) is 0 Å².